The molecule has 1 heterocycles. The van der Waals surface area contributed by atoms with Gasteiger partial charge in [0.25, 0.3) is 0 Å². The Morgan fingerprint density at radius 3 is 2.84 bits per heavy atom. The highest BCUT2D eigenvalue weighted by Crippen LogP contribution is 2.27. The summed E-state index contributed by atoms with van der Waals surface area (Å²) in [5.41, 5.74) is 5.16. The molecule has 0 saturated heterocycles. The van der Waals surface area contributed by atoms with Crippen LogP contribution in [0.5, 0.6) is 0 Å². The van der Waals surface area contributed by atoms with Gasteiger partial charge in [-0.3, -0.25) is 4.79 Å². The molecule has 0 atom stereocenters. The van der Waals surface area contributed by atoms with E-state index in [0.717, 1.165) is 32.2 Å². The number of hydrogen-bond donors (Lipinski definition) is 1. The molecule has 1 aliphatic rings. The molecular weight excluding hydrogens is 328 g/mol. The lowest BCUT2D eigenvalue weighted by atomic mass is 10.0. The largest absolute Gasteiger partial charge is 0.356 e. The van der Waals surface area contributed by atoms with E-state index in [4.69, 9.17) is 4.98 Å². The summed E-state index contributed by atoms with van der Waals surface area (Å²) in [5.74, 6) is 0.151. The van der Waals surface area contributed by atoms with Gasteiger partial charge in [-0.25, -0.2) is 4.98 Å². The summed E-state index contributed by atoms with van der Waals surface area (Å²) in [6, 6.07) is 6.44. The van der Waals surface area contributed by atoms with E-state index in [2.05, 4.69) is 37.4 Å². The van der Waals surface area contributed by atoms with Gasteiger partial charge in [-0.2, -0.15) is 0 Å². The van der Waals surface area contributed by atoms with Crippen molar-refractivity contribution in [1.82, 2.24) is 10.3 Å². The number of hydrogen-bond acceptors (Lipinski definition) is 3. The number of rotatable bonds is 7. The molecule has 1 aromatic heterocycles. The molecule has 134 valence electrons. The van der Waals surface area contributed by atoms with E-state index in [9.17, 15) is 4.79 Å². The zero-order valence-electron chi connectivity index (χ0n) is 15.4. The zero-order chi connectivity index (χ0) is 17.6. The molecule has 1 aromatic carbocycles. The molecule has 0 aliphatic heterocycles. The van der Waals surface area contributed by atoms with Gasteiger partial charge >= 0.3 is 0 Å². The average molecular weight is 357 g/mol. The van der Waals surface area contributed by atoms with Crippen LogP contribution in [0.2, 0.25) is 0 Å². The third kappa shape index (κ3) is 5.15. The van der Waals surface area contributed by atoms with Gasteiger partial charge in [-0.05, 0) is 63.5 Å². The van der Waals surface area contributed by atoms with E-state index < -0.39 is 0 Å². The Bertz CT molecular complexity index is 712. The van der Waals surface area contributed by atoms with Crippen molar-refractivity contribution in [2.45, 2.75) is 65.2 Å². The Morgan fingerprint density at radius 2 is 2.04 bits per heavy atom. The number of aryl methyl sites for hydroxylation is 6. The molecule has 0 unspecified atom stereocenters. The van der Waals surface area contributed by atoms with Gasteiger partial charge in [-0.1, -0.05) is 23.8 Å². The Balaban J connectivity index is 1.36. The molecule has 0 bridgehead atoms. The Kier molecular flexibility index (Phi) is 6.24. The monoisotopic (exact) mass is 356 g/mol. The molecule has 25 heavy (non-hydrogen) atoms. The predicted molar refractivity (Wildman–Crippen MR) is 104 cm³/mol. The number of nitrogens with zero attached hydrogens (tertiary/aromatic N) is 1. The zero-order valence-corrected chi connectivity index (χ0v) is 16.2. The van der Waals surface area contributed by atoms with Crippen LogP contribution >= 0.6 is 11.3 Å². The van der Waals surface area contributed by atoms with Crippen LogP contribution in [0, 0.1) is 13.8 Å². The highest BCUT2D eigenvalue weighted by atomic mass is 32.1. The third-order valence-corrected chi connectivity index (χ3v) is 6.12. The molecule has 1 aliphatic carbocycles. The SMILES string of the molecule is Cc1ccc(CCC(=O)NCCCc2nc3c(s2)CCCC3)c(C)c1. The summed E-state index contributed by atoms with van der Waals surface area (Å²) in [7, 11) is 0. The molecule has 3 rings (SSSR count). The molecular formula is C21H28N2OS. The van der Waals surface area contributed by atoms with E-state index in [-0.39, 0.29) is 5.91 Å². The normalized spacial score (nSPS) is 13.5. The van der Waals surface area contributed by atoms with Gasteiger partial charge < -0.3 is 5.32 Å². The minimum Gasteiger partial charge on any atom is -0.356 e. The second-order valence-corrected chi connectivity index (χ2v) is 8.24. The summed E-state index contributed by atoms with van der Waals surface area (Å²) in [5, 5.41) is 4.30. The Hall–Kier alpha value is -1.68. The van der Waals surface area contributed by atoms with Crippen molar-refractivity contribution in [3.8, 4) is 0 Å². The molecule has 1 amide bonds. The summed E-state index contributed by atoms with van der Waals surface area (Å²) >= 11 is 1.88. The first-order valence-corrected chi connectivity index (χ1v) is 10.2. The van der Waals surface area contributed by atoms with Crippen LogP contribution in [-0.4, -0.2) is 17.4 Å². The fourth-order valence-corrected chi connectivity index (χ4v) is 4.64. The minimum atomic E-state index is 0.151. The molecule has 3 nitrogen and oxygen atoms in total. The van der Waals surface area contributed by atoms with Gasteiger partial charge in [0.2, 0.25) is 5.91 Å². The highest BCUT2D eigenvalue weighted by molar-refractivity contribution is 7.11. The van der Waals surface area contributed by atoms with Gasteiger partial charge in [0.05, 0.1) is 10.7 Å². The number of benzene rings is 1. The van der Waals surface area contributed by atoms with Gasteiger partial charge in [-0.15, -0.1) is 11.3 Å². The van der Waals surface area contributed by atoms with Crippen LogP contribution in [-0.2, 0) is 30.5 Å². The van der Waals surface area contributed by atoms with Crippen molar-refractivity contribution in [3.05, 3.63) is 50.5 Å². The standard InChI is InChI=1S/C21H28N2OS/c1-15-9-10-17(16(2)14-15)11-12-20(24)22-13-5-8-21-23-18-6-3-4-7-19(18)25-21/h9-10,14H,3-8,11-13H2,1-2H3,(H,22,24). The maximum Gasteiger partial charge on any atom is 0.220 e. The molecule has 2 aromatic rings. The van der Waals surface area contributed by atoms with Crippen LogP contribution in [0.15, 0.2) is 18.2 Å². The van der Waals surface area contributed by atoms with Crippen LogP contribution in [0.1, 0.15) is 58.0 Å². The second kappa shape index (κ2) is 8.61. The first kappa shape index (κ1) is 18.1. The molecule has 0 radical (unpaired) electrons. The lowest BCUT2D eigenvalue weighted by Gasteiger charge is -2.07. The van der Waals surface area contributed by atoms with E-state index in [1.807, 2.05) is 11.3 Å². The summed E-state index contributed by atoms with van der Waals surface area (Å²) in [6.07, 6.45) is 8.30. The topological polar surface area (TPSA) is 42.0 Å². The molecule has 0 fully saturated rings. The maximum atomic E-state index is 12.0. The Labute approximate surface area is 154 Å². The van der Waals surface area contributed by atoms with Crippen LogP contribution in [0.3, 0.4) is 0 Å². The van der Waals surface area contributed by atoms with Crippen LogP contribution in [0.25, 0.3) is 0 Å². The van der Waals surface area contributed by atoms with E-state index >= 15 is 0 Å². The number of carbonyl (C=O) groups excluding carboxylic acids is 1. The highest BCUT2D eigenvalue weighted by Gasteiger charge is 2.14. The molecule has 0 saturated carbocycles. The number of nitrogens with one attached hydrogen (secondary N) is 1. The van der Waals surface area contributed by atoms with E-state index in [1.165, 1.54) is 51.5 Å². The third-order valence-electron chi connectivity index (χ3n) is 4.90. The van der Waals surface area contributed by atoms with E-state index in [0.29, 0.717) is 6.42 Å². The van der Waals surface area contributed by atoms with Crippen LogP contribution in [0.4, 0.5) is 0 Å². The summed E-state index contributed by atoms with van der Waals surface area (Å²) in [6.45, 7) is 4.96. The van der Waals surface area contributed by atoms with Gasteiger partial charge in [0.15, 0.2) is 0 Å². The first-order chi connectivity index (χ1) is 12.1. The number of fused-ring (bicyclic) bond motifs is 1. The fraction of sp³-hybridized carbons (Fsp3) is 0.524. The Morgan fingerprint density at radius 1 is 1.20 bits per heavy atom. The smallest absolute Gasteiger partial charge is 0.220 e. The number of aromatic nitrogens is 1. The van der Waals surface area contributed by atoms with Crippen molar-refractivity contribution in [1.29, 1.82) is 0 Å². The summed E-state index contributed by atoms with van der Waals surface area (Å²) in [4.78, 5) is 18.3. The number of amides is 1. The number of thiazole rings is 1. The van der Waals surface area contributed by atoms with E-state index in [1.54, 1.807) is 0 Å². The maximum absolute atomic E-state index is 12.0. The molecule has 0 spiro atoms. The first-order valence-electron chi connectivity index (χ1n) is 9.42. The van der Waals surface area contributed by atoms with Crippen molar-refractivity contribution >= 4 is 17.2 Å². The van der Waals surface area contributed by atoms with Crippen LogP contribution < -0.4 is 5.32 Å². The van der Waals surface area contributed by atoms with Crippen molar-refractivity contribution < 1.29 is 4.79 Å². The summed E-state index contributed by atoms with van der Waals surface area (Å²) < 4.78 is 0. The van der Waals surface area contributed by atoms with Gasteiger partial charge in [0.1, 0.15) is 0 Å². The number of carbonyl (C=O) groups is 1. The van der Waals surface area contributed by atoms with Crippen molar-refractivity contribution in [2.24, 2.45) is 0 Å². The quantitative estimate of drug-likeness (QED) is 0.751. The van der Waals surface area contributed by atoms with Crippen molar-refractivity contribution in [3.63, 3.8) is 0 Å². The van der Waals surface area contributed by atoms with Crippen molar-refractivity contribution in [2.75, 3.05) is 6.54 Å². The average Bonchev–Trinajstić information content (AvgIpc) is 3.01. The lowest BCUT2D eigenvalue weighted by molar-refractivity contribution is -0.121. The molecule has 4 heteroatoms. The molecule has 1 N–H and O–H groups in total. The minimum absolute atomic E-state index is 0.151. The predicted octanol–water partition coefficient (Wildman–Crippen LogP) is 4.32. The lowest BCUT2D eigenvalue weighted by Crippen LogP contribution is -2.25. The fourth-order valence-electron chi connectivity index (χ4n) is 3.44. The van der Waals surface area contributed by atoms with Gasteiger partial charge in [0, 0.05) is 24.3 Å². The second-order valence-electron chi connectivity index (χ2n) is 7.07.